The molecule has 0 amide bonds. The van der Waals surface area contributed by atoms with Gasteiger partial charge in [0.1, 0.15) is 0 Å². The van der Waals surface area contributed by atoms with Crippen molar-refractivity contribution in [1.29, 1.82) is 0 Å². The standard InChI is InChI=1S/C19H28BNO2/c1-17(2)14-11-15(17)19(4)18(3,12-14)22-20(23-19)16(21)10-13-8-6-5-7-9-13/h5-9,14-16H,10-12,21H2,1-4H3/t14?,15-,16?,18+,19-/m0/s1. The smallest absolute Gasteiger partial charge is 0.402 e. The molecule has 5 atom stereocenters. The number of hydrogen-bond acceptors (Lipinski definition) is 3. The molecule has 5 rings (SSSR count). The Morgan fingerprint density at radius 3 is 2.52 bits per heavy atom. The molecule has 2 unspecified atom stereocenters. The Morgan fingerprint density at radius 1 is 1.17 bits per heavy atom. The van der Waals surface area contributed by atoms with Crippen molar-refractivity contribution < 1.29 is 9.31 Å². The fraction of sp³-hybridized carbons (Fsp3) is 0.684. The first-order valence-electron chi connectivity index (χ1n) is 8.91. The minimum Gasteiger partial charge on any atom is -0.402 e. The molecule has 2 bridgehead atoms. The summed E-state index contributed by atoms with van der Waals surface area (Å²) >= 11 is 0. The summed E-state index contributed by atoms with van der Waals surface area (Å²) in [5.74, 6) is 1.18. The van der Waals surface area contributed by atoms with E-state index in [2.05, 4.69) is 52.0 Å². The summed E-state index contributed by atoms with van der Waals surface area (Å²) in [5, 5.41) is 0. The van der Waals surface area contributed by atoms with Gasteiger partial charge < -0.3 is 15.0 Å². The van der Waals surface area contributed by atoms with Gasteiger partial charge in [-0.25, -0.2) is 0 Å². The molecular formula is C19H28BNO2. The van der Waals surface area contributed by atoms with Gasteiger partial charge in [0.2, 0.25) is 0 Å². The summed E-state index contributed by atoms with van der Waals surface area (Å²) in [5.41, 5.74) is 7.64. The number of benzene rings is 1. The minimum absolute atomic E-state index is 0.128. The molecule has 23 heavy (non-hydrogen) atoms. The van der Waals surface area contributed by atoms with Gasteiger partial charge in [0.25, 0.3) is 0 Å². The van der Waals surface area contributed by atoms with Crippen molar-refractivity contribution in [2.75, 3.05) is 0 Å². The van der Waals surface area contributed by atoms with Crippen molar-refractivity contribution in [1.82, 2.24) is 0 Å². The SMILES string of the molecule is CC1(C)C2C[C@@H]1[C@]1(C)OB(C(N)Cc3ccccc3)O[C@]1(C)C2. The summed E-state index contributed by atoms with van der Waals surface area (Å²) < 4.78 is 13.0. The van der Waals surface area contributed by atoms with Gasteiger partial charge in [0.05, 0.1) is 11.2 Å². The fourth-order valence-corrected chi connectivity index (χ4v) is 5.39. The van der Waals surface area contributed by atoms with E-state index in [4.69, 9.17) is 15.0 Å². The Bertz CT molecular complexity index is 607. The van der Waals surface area contributed by atoms with Crippen LogP contribution in [0, 0.1) is 17.3 Å². The average molecular weight is 313 g/mol. The molecule has 4 fully saturated rings. The molecule has 0 radical (unpaired) electrons. The Labute approximate surface area is 140 Å². The second-order valence-corrected chi connectivity index (χ2v) is 8.81. The van der Waals surface area contributed by atoms with Gasteiger partial charge in [-0.3, -0.25) is 0 Å². The predicted octanol–water partition coefficient (Wildman–Crippen LogP) is 3.21. The first-order valence-corrected chi connectivity index (χ1v) is 8.91. The van der Waals surface area contributed by atoms with Crippen LogP contribution in [0.15, 0.2) is 30.3 Å². The van der Waals surface area contributed by atoms with Crippen molar-refractivity contribution in [2.24, 2.45) is 23.0 Å². The highest BCUT2D eigenvalue weighted by molar-refractivity contribution is 6.47. The van der Waals surface area contributed by atoms with E-state index in [1.807, 2.05) is 6.07 Å². The predicted molar refractivity (Wildman–Crippen MR) is 92.9 cm³/mol. The van der Waals surface area contributed by atoms with E-state index in [-0.39, 0.29) is 24.3 Å². The lowest BCUT2D eigenvalue weighted by Crippen LogP contribution is -2.70. The molecule has 0 aromatic heterocycles. The Balaban J connectivity index is 1.54. The van der Waals surface area contributed by atoms with E-state index in [9.17, 15) is 0 Å². The Hall–Kier alpha value is -0.835. The van der Waals surface area contributed by atoms with Gasteiger partial charge >= 0.3 is 7.12 Å². The van der Waals surface area contributed by atoms with Crippen LogP contribution >= 0.6 is 0 Å². The second kappa shape index (κ2) is 4.84. The van der Waals surface area contributed by atoms with Crippen molar-refractivity contribution in [3.63, 3.8) is 0 Å². The molecule has 2 N–H and O–H groups in total. The van der Waals surface area contributed by atoms with Crippen LogP contribution in [-0.2, 0) is 15.7 Å². The first-order chi connectivity index (χ1) is 10.8. The lowest BCUT2D eigenvalue weighted by Gasteiger charge is -2.67. The van der Waals surface area contributed by atoms with E-state index in [1.54, 1.807) is 0 Å². The number of nitrogens with two attached hydrogens (primary N) is 1. The summed E-state index contributed by atoms with van der Waals surface area (Å²) in [4.78, 5) is 0. The van der Waals surface area contributed by atoms with Crippen LogP contribution < -0.4 is 5.73 Å². The van der Waals surface area contributed by atoms with E-state index < -0.39 is 0 Å². The zero-order chi connectivity index (χ0) is 16.5. The third-order valence-corrected chi connectivity index (χ3v) is 7.22. The molecule has 1 saturated heterocycles. The van der Waals surface area contributed by atoms with E-state index in [0.717, 1.165) is 18.8 Å². The van der Waals surface area contributed by atoms with Gasteiger partial charge in [0.15, 0.2) is 0 Å². The van der Waals surface area contributed by atoms with Crippen LogP contribution in [0.5, 0.6) is 0 Å². The van der Waals surface area contributed by atoms with E-state index in [0.29, 0.717) is 11.3 Å². The highest BCUT2D eigenvalue weighted by atomic mass is 16.7. The third kappa shape index (κ3) is 2.08. The minimum atomic E-state index is -0.305. The Morgan fingerprint density at radius 2 is 1.87 bits per heavy atom. The largest absolute Gasteiger partial charge is 0.476 e. The zero-order valence-electron chi connectivity index (χ0n) is 14.7. The third-order valence-electron chi connectivity index (χ3n) is 7.22. The number of rotatable bonds is 3. The van der Waals surface area contributed by atoms with Crippen molar-refractivity contribution >= 4 is 7.12 Å². The maximum absolute atomic E-state index is 6.53. The summed E-state index contributed by atoms with van der Waals surface area (Å²) in [6, 6.07) is 10.4. The number of hydrogen-bond donors (Lipinski definition) is 1. The van der Waals surface area contributed by atoms with Gasteiger partial charge in [-0.2, -0.15) is 0 Å². The van der Waals surface area contributed by atoms with Crippen LogP contribution in [0.25, 0.3) is 0 Å². The molecule has 0 spiro atoms. The lowest BCUT2D eigenvalue weighted by atomic mass is 9.41. The van der Waals surface area contributed by atoms with Gasteiger partial charge in [-0.1, -0.05) is 44.2 Å². The first kappa shape index (κ1) is 15.7. The summed E-state index contributed by atoms with van der Waals surface area (Å²) in [7, 11) is -0.305. The van der Waals surface area contributed by atoms with Crippen molar-refractivity contribution in [3.05, 3.63) is 35.9 Å². The fourth-order valence-electron chi connectivity index (χ4n) is 5.39. The molecule has 1 aromatic carbocycles. The zero-order valence-corrected chi connectivity index (χ0v) is 14.7. The monoisotopic (exact) mass is 313 g/mol. The quantitative estimate of drug-likeness (QED) is 0.872. The molecule has 4 heteroatoms. The Kier molecular flexibility index (Phi) is 3.30. The highest BCUT2D eigenvalue weighted by Crippen LogP contribution is 2.69. The van der Waals surface area contributed by atoms with Gasteiger partial charge in [-0.05, 0) is 55.9 Å². The second-order valence-electron chi connectivity index (χ2n) is 8.81. The molecule has 4 aliphatic rings. The molecule has 1 aliphatic heterocycles. The van der Waals surface area contributed by atoms with E-state index in [1.165, 1.54) is 12.0 Å². The van der Waals surface area contributed by atoms with Gasteiger partial charge in [0, 0.05) is 5.94 Å². The maximum atomic E-state index is 6.53. The molecule has 3 nitrogen and oxygen atoms in total. The van der Waals surface area contributed by atoms with E-state index >= 15 is 0 Å². The van der Waals surface area contributed by atoms with Crippen molar-refractivity contribution in [3.8, 4) is 0 Å². The topological polar surface area (TPSA) is 44.5 Å². The maximum Gasteiger partial charge on any atom is 0.476 e. The molecule has 1 heterocycles. The van der Waals surface area contributed by atoms with Crippen LogP contribution in [0.4, 0.5) is 0 Å². The molecule has 3 aliphatic carbocycles. The van der Waals surface area contributed by atoms with Crippen molar-refractivity contribution in [2.45, 2.75) is 64.1 Å². The van der Waals surface area contributed by atoms with Crippen LogP contribution in [0.3, 0.4) is 0 Å². The van der Waals surface area contributed by atoms with Gasteiger partial charge in [-0.15, -0.1) is 0 Å². The van der Waals surface area contributed by atoms with Crippen LogP contribution in [0.1, 0.15) is 46.1 Å². The highest BCUT2D eigenvalue weighted by Gasteiger charge is 2.73. The normalized spacial score (nSPS) is 42.0. The molecule has 1 aromatic rings. The lowest BCUT2D eigenvalue weighted by molar-refractivity contribution is -0.235. The summed E-state index contributed by atoms with van der Waals surface area (Å²) in [6.45, 7) is 9.26. The molecule has 3 saturated carbocycles. The molecular weight excluding hydrogens is 285 g/mol. The van der Waals surface area contributed by atoms with Crippen LogP contribution in [-0.4, -0.2) is 24.3 Å². The molecule has 124 valence electrons. The average Bonchev–Trinajstić information content (AvgIpc) is 2.79. The summed E-state index contributed by atoms with van der Waals surface area (Å²) in [6.07, 6.45) is 3.14. The van der Waals surface area contributed by atoms with Crippen LogP contribution in [0.2, 0.25) is 0 Å².